The van der Waals surface area contributed by atoms with Crippen LogP contribution < -0.4 is 5.19 Å². The Bertz CT molecular complexity index is 420. The molecule has 2 nitrogen and oxygen atoms in total. The van der Waals surface area contributed by atoms with Gasteiger partial charge in [-0.05, 0) is 30.4 Å². The van der Waals surface area contributed by atoms with Gasteiger partial charge in [-0.2, -0.15) is 0 Å². The highest BCUT2D eigenvalue weighted by atomic mass is 28.4. The molecule has 0 spiro atoms. The lowest BCUT2D eigenvalue weighted by Gasteiger charge is -2.22. The van der Waals surface area contributed by atoms with Gasteiger partial charge in [0, 0.05) is 0 Å². The normalized spacial score (nSPS) is 11.6. The van der Waals surface area contributed by atoms with Gasteiger partial charge in [0.05, 0.1) is 12.9 Å². The summed E-state index contributed by atoms with van der Waals surface area (Å²) in [4.78, 5) is 0. The molecule has 0 bridgehead atoms. The monoisotopic (exact) mass is 232 g/mol. The second kappa shape index (κ2) is 4.68. The van der Waals surface area contributed by atoms with Crippen molar-refractivity contribution < 1.29 is 8.84 Å². The molecule has 84 valence electrons. The van der Waals surface area contributed by atoms with Crippen molar-refractivity contribution in [1.82, 2.24) is 0 Å². The average molecular weight is 232 g/mol. The van der Waals surface area contributed by atoms with Crippen LogP contribution in [0.15, 0.2) is 53.1 Å². The van der Waals surface area contributed by atoms with E-state index in [1.165, 1.54) is 5.19 Å². The Balaban J connectivity index is 2.03. The molecule has 2 rings (SSSR count). The van der Waals surface area contributed by atoms with E-state index >= 15 is 0 Å². The third-order valence-corrected chi connectivity index (χ3v) is 5.21. The lowest BCUT2D eigenvalue weighted by atomic mass is 10.4. The summed E-state index contributed by atoms with van der Waals surface area (Å²) in [6, 6.07) is 14.2. The fraction of sp³-hybridized carbons (Fsp3) is 0.231. The minimum Gasteiger partial charge on any atom is -0.467 e. The fourth-order valence-corrected chi connectivity index (χ4v) is 3.23. The van der Waals surface area contributed by atoms with Crippen LogP contribution in [0.1, 0.15) is 5.76 Å². The number of hydrogen-bond donors (Lipinski definition) is 0. The SMILES string of the molecule is C[Si](C)(OCc1ccco1)c1ccccc1. The Labute approximate surface area is 97.0 Å². The third-order valence-electron chi connectivity index (χ3n) is 2.62. The molecule has 3 heteroatoms. The smallest absolute Gasteiger partial charge is 0.218 e. The molecule has 0 aliphatic heterocycles. The number of hydrogen-bond acceptors (Lipinski definition) is 2. The van der Waals surface area contributed by atoms with E-state index < -0.39 is 8.32 Å². The Morgan fingerprint density at radius 2 is 1.81 bits per heavy atom. The van der Waals surface area contributed by atoms with Crippen LogP contribution in [-0.4, -0.2) is 8.32 Å². The predicted octanol–water partition coefficient (Wildman–Crippen LogP) is 2.91. The molecule has 0 N–H and O–H groups in total. The van der Waals surface area contributed by atoms with Gasteiger partial charge in [0.25, 0.3) is 0 Å². The molecular weight excluding hydrogens is 216 g/mol. The minimum absolute atomic E-state index is 0.557. The van der Waals surface area contributed by atoms with E-state index in [9.17, 15) is 0 Å². The van der Waals surface area contributed by atoms with Gasteiger partial charge in [-0.15, -0.1) is 0 Å². The quantitative estimate of drug-likeness (QED) is 0.756. The first-order valence-electron chi connectivity index (χ1n) is 5.40. The van der Waals surface area contributed by atoms with Gasteiger partial charge in [0.15, 0.2) is 0 Å². The van der Waals surface area contributed by atoms with Gasteiger partial charge in [-0.25, -0.2) is 0 Å². The van der Waals surface area contributed by atoms with Crippen LogP contribution >= 0.6 is 0 Å². The van der Waals surface area contributed by atoms with E-state index in [0.717, 1.165) is 5.76 Å². The first-order chi connectivity index (χ1) is 7.68. The average Bonchev–Trinajstić information content (AvgIpc) is 2.81. The lowest BCUT2D eigenvalue weighted by Crippen LogP contribution is -2.44. The van der Waals surface area contributed by atoms with E-state index in [-0.39, 0.29) is 0 Å². The Hall–Kier alpha value is -1.32. The molecule has 1 heterocycles. The molecule has 0 saturated carbocycles. The zero-order chi connectivity index (χ0) is 11.4. The van der Waals surface area contributed by atoms with Crippen LogP contribution in [0.25, 0.3) is 0 Å². The van der Waals surface area contributed by atoms with Crippen LogP contribution in [0.5, 0.6) is 0 Å². The topological polar surface area (TPSA) is 22.4 Å². The molecule has 2 aromatic rings. The van der Waals surface area contributed by atoms with Crippen molar-refractivity contribution in [2.75, 3.05) is 0 Å². The van der Waals surface area contributed by atoms with E-state index in [0.29, 0.717) is 6.61 Å². The summed E-state index contributed by atoms with van der Waals surface area (Å²) in [6.07, 6.45) is 1.68. The maximum absolute atomic E-state index is 6.01. The van der Waals surface area contributed by atoms with Gasteiger partial charge < -0.3 is 8.84 Å². The van der Waals surface area contributed by atoms with Crippen molar-refractivity contribution in [2.24, 2.45) is 0 Å². The molecule has 0 unspecified atom stereocenters. The zero-order valence-electron chi connectivity index (χ0n) is 9.64. The maximum Gasteiger partial charge on any atom is 0.218 e. The molecule has 0 aliphatic carbocycles. The molecule has 0 amide bonds. The summed E-state index contributed by atoms with van der Waals surface area (Å²) in [6.45, 7) is 4.96. The molecule has 0 saturated heterocycles. The van der Waals surface area contributed by atoms with Crippen LogP contribution in [0, 0.1) is 0 Å². The van der Waals surface area contributed by atoms with Gasteiger partial charge in [0.1, 0.15) is 5.76 Å². The van der Waals surface area contributed by atoms with Crippen molar-refractivity contribution in [2.45, 2.75) is 19.7 Å². The number of furan rings is 1. The van der Waals surface area contributed by atoms with Crippen LogP contribution in [0.2, 0.25) is 13.1 Å². The van der Waals surface area contributed by atoms with Gasteiger partial charge in [0.2, 0.25) is 8.32 Å². The Morgan fingerprint density at radius 3 is 2.44 bits per heavy atom. The molecular formula is C13H16O2Si. The summed E-state index contributed by atoms with van der Waals surface area (Å²) in [5, 5.41) is 1.31. The van der Waals surface area contributed by atoms with Crippen molar-refractivity contribution in [1.29, 1.82) is 0 Å². The molecule has 0 fully saturated rings. The fourth-order valence-electron chi connectivity index (χ4n) is 1.57. The first kappa shape index (κ1) is 11.2. The predicted molar refractivity (Wildman–Crippen MR) is 67.1 cm³/mol. The molecule has 0 aliphatic rings. The Morgan fingerprint density at radius 1 is 1.06 bits per heavy atom. The molecule has 0 radical (unpaired) electrons. The van der Waals surface area contributed by atoms with E-state index in [2.05, 4.69) is 37.4 Å². The van der Waals surface area contributed by atoms with Crippen molar-refractivity contribution in [3.8, 4) is 0 Å². The second-order valence-electron chi connectivity index (χ2n) is 4.24. The summed E-state index contributed by atoms with van der Waals surface area (Å²) >= 11 is 0. The number of rotatable bonds is 4. The van der Waals surface area contributed by atoms with Crippen molar-refractivity contribution in [3.63, 3.8) is 0 Å². The lowest BCUT2D eigenvalue weighted by molar-refractivity contribution is 0.267. The summed E-state index contributed by atoms with van der Waals surface area (Å²) in [5.74, 6) is 0.886. The standard InChI is InChI=1S/C13H16O2Si/c1-16(2,13-8-4-3-5-9-13)15-11-12-7-6-10-14-12/h3-10H,11H2,1-2H3. The van der Waals surface area contributed by atoms with E-state index in [1.807, 2.05) is 18.2 Å². The highest BCUT2D eigenvalue weighted by Crippen LogP contribution is 2.10. The highest BCUT2D eigenvalue weighted by Gasteiger charge is 2.25. The molecule has 16 heavy (non-hydrogen) atoms. The summed E-state index contributed by atoms with van der Waals surface area (Å²) < 4.78 is 11.3. The largest absolute Gasteiger partial charge is 0.467 e. The summed E-state index contributed by atoms with van der Waals surface area (Å²) in [5.41, 5.74) is 0. The zero-order valence-corrected chi connectivity index (χ0v) is 10.6. The van der Waals surface area contributed by atoms with Crippen molar-refractivity contribution >= 4 is 13.5 Å². The number of benzene rings is 1. The van der Waals surface area contributed by atoms with E-state index in [4.69, 9.17) is 8.84 Å². The van der Waals surface area contributed by atoms with Crippen LogP contribution in [-0.2, 0) is 11.0 Å². The van der Waals surface area contributed by atoms with Crippen LogP contribution in [0.4, 0.5) is 0 Å². The highest BCUT2D eigenvalue weighted by molar-refractivity contribution is 6.84. The van der Waals surface area contributed by atoms with Gasteiger partial charge >= 0.3 is 0 Å². The maximum atomic E-state index is 6.01. The molecule has 1 aromatic heterocycles. The molecule has 0 atom stereocenters. The van der Waals surface area contributed by atoms with E-state index in [1.54, 1.807) is 6.26 Å². The van der Waals surface area contributed by atoms with Crippen LogP contribution in [0.3, 0.4) is 0 Å². The van der Waals surface area contributed by atoms with Crippen molar-refractivity contribution in [3.05, 3.63) is 54.5 Å². The molecule has 1 aromatic carbocycles. The summed E-state index contributed by atoms with van der Waals surface area (Å²) in [7, 11) is -1.80. The second-order valence-corrected chi connectivity index (χ2v) is 8.13. The Kier molecular flexibility index (Phi) is 3.27. The van der Waals surface area contributed by atoms with Gasteiger partial charge in [-0.1, -0.05) is 30.3 Å². The van der Waals surface area contributed by atoms with Gasteiger partial charge in [-0.3, -0.25) is 0 Å². The first-order valence-corrected chi connectivity index (χ1v) is 8.31. The minimum atomic E-state index is -1.80. The third kappa shape index (κ3) is 2.62.